The molecule has 1 aliphatic rings. The van der Waals surface area contributed by atoms with E-state index < -0.39 is 12.0 Å². The van der Waals surface area contributed by atoms with E-state index in [0.717, 1.165) is 24.9 Å². The maximum Gasteiger partial charge on any atom is 0.453 e. The van der Waals surface area contributed by atoms with E-state index >= 15 is 0 Å². The summed E-state index contributed by atoms with van der Waals surface area (Å²) in [4.78, 5) is 0. The van der Waals surface area contributed by atoms with Crippen LogP contribution >= 0.6 is 0 Å². The summed E-state index contributed by atoms with van der Waals surface area (Å²) in [6.07, 6.45) is -2.63. The van der Waals surface area contributed by atoms with Gasteiger partial charge in [-0.15, -0.1) is 5.10 Å². The summed E-state index contributed by atoms with van der Waals surface area (Å²) >= 11 is 0. The van der Waals surface area contributed by atoms with Gasteiger partial charge in [0, 0.05) is 24.2 Å². The molecule has 2 atom stereocenters. The molecule has 3 aromatic rings. The van der Waals surface area contributed by atoms with E-state index in [2.05, 4.69) is 57.3 Å². The van der Waals surface area contributed by atoms with Crippen LogP contribution in [-0.2, 0) is 12.7 Å². The molecule has 32 heavy (non-hydrogen) atoms. The van der Waals surface area contributed by atoms with Crippen molar-refractivity contribution in [1.29, 1.82) is 0 Å². The molecule has 4 rings (SSSR count). The maximum absolute atomic E-state index is 13.2. The lowest BCUT2D eigenvalue weighted by molar-refractivity contribution is -0.146. The zero-order valence-electron chi connectivity index (χ0n) is 17.9. The van der Waals surface area contributed by atoms with Gasteiger partial charge < -0.3 is 15.4 Å². The molecule has 0 bridgehead atoms. The van der Waals surface area contributed by atoms with Gasteiger partial charge in [-0.3, -0.25) is 0 Å². The molecule has 1 fully saturated rings. The monoisotopic (exact) mass is 446 g/mol. The van der Waals surface area contributed by atoms with Crippen molar-refractivity contribution in [2.24, 2.45) is 0 Å². The average Bonchev–Trinajstić information content (AvgIpc) is 3.29. The second-order valence-corrected chi connectivity index (χ2v) is 7.88. The zero-order chi connectivity index (χ0) is 22.7. The Kier molecular flexibility index (Phi) is 6.43. The summed E-state index contributed by atoms with van der Waals surface area (Å²) in [6.45, 7) is 3.42. The highest BCUT2D eigenvalue weighted by atomic mass is 19.4. The van der Waals surface area contributed by atoms with Crippen LogP contribution in [0.4, 0.5) is 13.2 Å². The second kappa shape index (κ2) is 9.25. The number of rotatable bonds is 6. The van der Waals surface area contributed by atoms with Crippen LogP contribution in [0.3, 0.4) is 0 Å². The molecular weight excluding hydrogens is 421 g/mol. The number of piperidine rings is 1. The first-order valence-corrected chi connectivity index (χ1v) is 10.4. The number of nitrogens with one attached hydrogen (secondary N) is 2. The van der Waals surface area contributed by atoms with Crippen molar-refractivity contribution < 1.29 is 17.9 Å². The summed E-state index contributed by atoms with van der Waals surface area (Å²) in [7, 11) is 1.54. The molecule has 1 saturated heterocycles. The van der Waals surface area contributed by atoms with Crippen LogP contribution in [0.5, 0.6) is 5.75 Å². The predicted molar refractivity (Wildman–Crippen MR) is 112 cm³/mol. The van der Waals surface area contributed by atoms with E-state index in [0.29, 0.717) is 17.0 Å². The summed E-state index contributed by atoms with van der Waals surface area (Å²) in [6, 6.07) is 13.5. The molecule has 2 unspecified atom stereocenters. The Morgan fingerprint density at radius 1 is 1.19 bits per heavy atom. The molecule has 170 valence electrons. The highest BCUT2D eigenvalue weighted by molar-refractivity contribution is 5.44. The normalized spacial score (nSPS) is 19.2. The van der Waals surface area contributed by atoms with E-state index in [9.17, 15) is 13.2 Å². The Balaban J connectivity index is 1.56. The summed E-state index contributed by atoms with van der Waals surface area (Å²) in [5.74, 6) is -0.587. The van der Waals surface area contributed by atoms with Gasteiger partial charge in [0.2, 0.25) is 0 Å². The van der Waals surface area contributed by atoms with Crippen molar-refractivity contribution >= 4 is 0 Å². The smallest absolute Gasteiger partial charge is 0.453 e. The van der Waals surface area contributed by atoms with Crippen LogP contribution in [-0.4, -0.2) is 39.9 Å². The van der Waals surface area contributed by atoms with E-state index in [1.54, 1.807) is 12.1 Å². The third-order valence-corrected chi connectivity index (χ3v) is 5.68. The molecule has 0 spiro atoms. The molecular formula is C22H25F3N6O. The highest BCUT2D eigenvalue weighted by Gasteiger charge is 2.38. The molecule has 1 aliphatic heterocycles. The van der Waals surface area contributed by atoms with Gasteiger partial charge in [0.05, 0.1) is 12.8 Å². The van der Waals surface area contributed by atoms with Gasteiger partial charge in [0.25, 0.3) is 5.82 Å². The van der Waals surface area contributed by atoms with Crippen LogP contribution < -0.4 is 15.4 Å². The minimum atomic E-state index is -4.66. The fourth-order valence-electron chi connectivity index (χ4n) is 4.05. The van der Waals surface area contributed by atoms with Gasteiger partial charge in [-0.05, 0) is 60.5 Å². The van der Waals surface area contributed by atoms with Crippen molar-refractivity contribution in [3.05, 3.63) is 65.0 Å². The number of methoxy groups -OCH3 is 1. The molecule has 2 heterocycles. The molecule has 2 N–H and O–H groups in total. The number of nitrogens with zero attached hydrogens (tertiary/aromatic N) is 4. The topological polar surface area (TPSA) is 76.9 Å². The first-order valence-electron chi connectivity index (χ1n) is 10.4. The van der Waals surface area contributed by atoms with Crippen molar-refractivity contribution in [3.8, 4) is 11.4 Å². The minimum absolute atomic E-state index is 0.148. The summed E-state index contributed by atoms with van der Waals surface area (Å²) < 4.78 is 45.8. The van der Waals surface area contributed by atoms with Gasteiger partial charge >= 0.3 is 6.18 Å². The lowest BCUT2D eigenvalue weighted by Gasteiger charge is -2.34. The molecule has 0 saturated carbocycles. The zero-order valence-corrected chi connectivity index (χ0v) is 17.9. The van der Waals surface area contributed by atoms with Gasteiger partial charge in [-0.1, -0.05) is 29.8 Å². The van der Waals surface area contributed by atoms with Crippen molar-refractivity contribution in [2.75, 3.05) is 13.7 Å². The standard InChI is InChI=1S/C22H25F3N6O/c1-14-5-7-15(8-6-14)20-18(4-3-11-26-20)27-13-16-12-17(9-10-19(16)32-2)31-21(22(23,24)25)28-29-30-31/h5-10,12,18,20,26-27H,3-4,11,13H2,1-2H3. The Hall–Kier alpha value is -2.98. The first kappa shape index (κ1) is 22.2. The third-order valence-electron chi connectivity index (χ3n) is 5.68. The van der Waals surface area contributed by atoms with Gasteiger partial charge in [-0.25, -0.2) is 0 Å². The van der Waals surface area contributed by atoms with Crippen molar-refractivity contribution in [3.63, 3.8) is 0 Å². The van der Waals surface area contributed by atoms with Crippen LogP contribution in [0.15, 0.2) is 42.5 Å². The lowest BCUT2D eigenvalue weighted by atomic mass is 9.91. The number of hydrogen-bond acceptors (Lipinski definition) is 6. The number of halogens is 3. The molecule has 0 amide bonds. The van der Waals surface area contributed by atoms with E-state index in [-0.39, 0.29) is 17.8 Å². The average molecular weight is 446 g/mol. The number of aryl methyl sites for hydroxylation is 1. The fourth-order valence-corrected chi connectivity index (χ4v) is 4.05. The molecule has 1 aromatic heterocycles. The number of ether oxygens (including phenoxy) is 1. The molecule has 0 radical (unpaired) electrons. The van der Waals surface area contributed by atoms with Crippen LogP contribution in [0, 0.1) is 6.92 Å². The number of aromatic nitrogens is 4. The SMILES string of the molecule is COc1ccc(-n2nnnc2C(F)(F)F)cc1CNC1CCCNC1c1ccc(C)cc1. The summed E-state index contributed by atoms with van der Waals surface area (Å²) in [5.41, 5.74) is 3.35. The van der Waals surface area contributed by atoms with E-state index in [1.807, 2.05) is 0 Å². The first-order chi connectivity index (χ1) is 15.4. The Morgan fingerprint density at radius 2 is 1.97 bits per heavy atom. The van der Waals surface area contributed by atoms with Gasteiger partial charge in [0.1, 0.15) is 5.75 Å². The Labute approximate surface area is 184 Å². The predicted octanol–water partition coefficient (Wildman–Crippen LogP) is 3.58. The highest BCUT2D eigenvalue weighted by Crippen LogP contribution is 2.30. The quantitative estimate of drug-likeness (QED) is 0.603. The van der Waals surface area contributed by atoms with Crippen LogP contribution in [0.1, 0.15) is 41.4 Å². The van der Waals surface area contributed by atoms with Crippen molar-refractivity contribution in [1.82, 2.24) is 30.8 Å². The molecule has 2 aromatic carbocycles. The third kappa shape index (κ3) is 4.76. The molecule has 0 aliphatic carbocycles. The van der Waals surface area contributed by atoms with Gasteiger partial charge in [-0.2, -0.15) is 17.9 Å². The molecule has 10 heteroatoms. The summed E-state index contributed by atoms with van der Waals surface area (Å²) in [5, 5.41) is 17.0. The number of alkyl halides is 3. The van der Waals surface area contributed by atoms with Crippen LogP contribution in [0.25, 0.3) is 5.69 Å². The van der Waals surface area contributed by atoms with Crippen LogP contribution in [0.2, 0.25) is 0 Å². The number of benzene rings is 2. The Bertz CT molecular complexity index is 1050. The molecule has 7 nitrogen and oxygen atoms in total. The Morgan fingerprint density at radius 3 is 2.69 bits per heavy atom. The van der Waals surface area contributed by atoms with Crippen molar-refractivity contribution in [2.45, 2.75) is 44.6 Å². The second-order valence-electron chi connectivity index (χ2n) is 7.88. The fraction of sp³-hybridized carbons (Fsp3) is 0.409. The minimum Gasteiger partial charge on any atom is -0.496 e. The van der Waals surface area contributed by atoms with E-state index in [1.165, 1.54) is 24.3 Å². The number of hydrogen-bond donors (Lipinski definition) is 2. The number of tetrazole rings is 1. The maximum atomic E-state index is 13.2. The largest absolute Gasteiger partial charge is 0.496 e. The van der Waals surface area contributed by atoms with E-state index in [4.69, 9.17) is 4.74 Å². The van der Waals surface area contributed by atoms with Gasteiger partial charge in [0.15, 0.2) is 0 Å². The lowest BCUT2D eigenvalue weighted by Crippen LogP contribution is -2.45.